The Balaban J connectivity index is 2.10. The zero-order valence-electron chi connectivity index (χ0n) is 14.7. The molecule has 2 aromatic rings. The van der Waals surface area contributed by atoms with Gasteiger partial charge in [-0.3, -0.25) is 0 Å². The van der Waals surface area contributed by atoms with Gasteiger partial charge in [0.15, 0.2) is 11.5 Å². The fourth-order valence-electron chi connectivity index (χ4n) is 2.58. The Morgan fingerprint density at radius 3 is 2.12 bits per heavy atom. The van der Waals surface area contributed by atoms with E-state index >= 15 is 0 Å². The molecule has 0 radical (unpaired) electrons. The molecule has 0 aromatic heterocycles. The molecule has 0 saturated heterocycles. The van der Waals surface area contributed by atoms with Crippen LogP contribution in [0, 0.1) is 0 Å². The number of para-hydroxylation sites is 1. The molecule has 130 valence electrons. The summed E-state index contributed by atoms with van der Waals surface area (Å²) in [6, 6.07) is 11.9. The van der Waals surface area contributed by atoms with Crippen molar-refractivity contribution in [2.24, 2.45) is 0 Å². The van der Waals surface area contributed by atoms with Crippen LogP contribution in [0.2, 0.25) is 0 Å². The van der Waals surface area contributed by atoms with Gasteiger partial charge in [0.2, 0.25) is 5.75 Å². The van der Waals surface area contributed by atoms with Gasteiger partial charge in [-0.05, 0) is 19.1 Å². The van der Waals surface area contributed by atoms with E-state index in [0.717, 1.165) is 16.9 Å². The van der Waals surface area contributed by atoms with Crippen LogP contribution in [-0.2, 0) is 13.1 Å². The third kappa shape index (κ3) is 4.11. The van der Waals surface area contributed by atoms with Gasteiger partial charge < -0.3 is 24.3 Å². The van der Waals surface area contributed by atoms with Gasteiger partial charge in [0.25, 0.3) is 0 Å². The van der Waals surface area contributed by atoms with E-state index in [-0.39, 0.29) is 0 Å². The minimum Gasteiger partial charge on any atom is -0.494 e. The van der Waals surface area contributed by atoms with Crippen LogP contribution in [0.1, 0.15) is 18.1 Å². The van der Waals surface area contributed by atoms with E-state index in [0.29, 0.717) is 36.9 Å². The first kappa shape index (κ1) is 17.9. The van der Waals surface area contributed by atoms with Crippen molar-refractivity contribution in [2.45, 2.75) is 20.0 Å². The van der Waals surface area contributed by atoms with Crippen LogP contribution in [0.15, 0.2) is 36.4 Å². The van der Waals surface area contributed by atoms with Crippen LogP contribution in [0.5, 0.6) is 23.0 Å². The summed E-state index contributed by atoms with van der Waals surface area (Å²) >= 11 is 0. The van der Waals surface area contributed by atoms with Crippen molar-refractivity contribution >= 4 is 0 Å². The maximum absolute atomic E-state index is 5.65. The van der Waals surface area contributed by atoms with Crippen molar-refractivity contribution in [3.05, 3.63) is 47.5 Å². The Labute approximate surface area is 143 Å². The highest BCUT2D eigenvalue weighted by Gasteiger charge is 2.15. The van der Waals surface area contributed by atoms with Crippen LogP contribution in [0.25, 0.3) is 0 Å². The molecule has 0 bridgehead atoms. The fourth-order valence-corrected chi connectivity index (χ4v) is 2.58. The lowest BCUT2D eigenvalue weighted by Crippen LogP contribution is -2.14. The average molecular weight is 331 g/mol. The van der Waals surface area contributed by atoms with Gasteiger partial charge in [-0.15, -0.1) is 0 Å². The van der Waals surface area contributed by atoms with Gasteiger partial charge >= 0.3 is 0 Å². The van der Waals surface area contributed by atoms with E-state index < -0.39 is 0 Å². The quantitative estimate of drug-likeness (QED) is 0.763. The Hall–Kier alpha value is -2.40. The molecule has 0 aliphatic carbocycles. The normalized spacial score (nSPS) is 10.3. The highest BCUT2D eigenvalue weighted by atomic mass is 16.5. The van der Waals surface area contributed by atoms with Crippen molar-refractivity contribution in [3.8, 4) is 23.0 Å². The summed E-state index contributed by atoms with van der Waals surface area (Å²) in [7, 11) is 4.85. The van der Waals surface area contributed by atoms with E-state index in [4.69, 9.17) is 18.9 Å². The van der Waals surface area contributed by atoms with Crippen LogP contribution >= 0.6 is 0 Å². The summed E-state index contributed by atoms with van der Waals surface area (Å²) in [5.74, 6) is 2.85. The van der Waals surface area contributed by atoms with Gasteiger partial charge in [-0.25, -0.2) is 0 Å². The van der Waals surface area contributed by atoms with Crippen molar-refractivity contribution in [2.75, 3.05) is 27.9 Å². The number of benzene rings is 2. The highest BCUT2D eigenvalue weighted by Crippen LogP contribution is 2.39. The second-order valence-corrected chi connectivity index (χ2v) is 5.14. The zero-order chi connectivity index (χ0) is 17.4. The molecule has 0 saturated carbocycles. The molecule has 2 rings (SSSR count). The summed E-state index contributed by atoms with van der Waals surface area (Å²) in [4.78, 5) is 0. The largest absolute Gasteiger partial charge is 0.494 e. The number of ether oxygens (including phenoxy) is 4. The van der Waals surface area contributed by atoms with Gasteiger partial charge in [0.1, 0.15) is 5.75 Å². The van der Waals surface area contributed by atoms with E-state index in [9.17, 15) is 0 Å². The third-order valence-corrected chi connectivity index (χ3v) is 3.69. The standard InChI is InChI=1S/C19H25NO4/c1-5-24-16-9-7-6-8-14(16)12-20-13-15-10-11-17(21-2)19(23-4)18(15)22-3/h6-11,20H,5,12-13H2,1-4H3. The molecule has 24 heavy (non-hydrogen) atoms. The van der Waals surface area contributed by atoms with Crippen LogP contribution in [0.4, 0.5) is 0 Å². The maximum atomic E-state index is 5.65. The summed E-state index contributed by atoms with van der Waals surface area (Å²) < 4.78 is 21.9. The van der Waals surface area contributed by atoms with Crippen molar-refractivity contribution in [1.29, 1.82) is 0 Å². The predicted molar refractivity (Wildman–Crippen MR) is 94.3 cm³/mol. The summed E-state index contributed by atoms with van der Waals surface area (Å²) in [6.07, 6.45) is 0. The topological polar surface area (TPSA) is 49.0 Å². The SMILES string of the molecule is CCOc1ccccc1CNCc1ccc(OC)c(OC)c1OC. The average Bonchev–Trinajstić information content (AvgIpc) is 2.62. The van der Waals surface area contributed by atoms with Gasteiger partial charge in [-0.2, -0.15) is 0 Å². The molecule has 0 unspecified atom stereocenters. The van der Waals surface area contributed by atoms with Crippen molar-refractivity contribution in [3.63, 3.8) is 0 Å². The second kappa shape index (κ2) is 9.03. The molecule has 5 heteroatoms. The van der Waals surface area contributed by atoms with E-state index in [1.807, 2.05) is 37.3 Å². The minimum atomic E-state index is 0.606. The fraction of sp³-hybridized carbons (Fsp3) is 0.368. The van der Waals surface area contributed by atoms with E-state index in [1.165, 1.54) is 0 Å². The third-order valence-electron chi connectivity index (χ3n) is 3.69. The molecule has 0 amide bonds. The second-order valence-electron chi connectivity index (χ2n) is 5.14. The molecule has 0 fully saturated rings. The monoisotopic (exact) mass is 331 g/mol. The van der Waals surface area contributed by atoms with Crippen LogP contribution < -0.4 is 24.3 Å². The molecule has 0 aliphatic rings. The number of hydrogen-bond acceptors (Lipinski definition) is 5. The first-order valence-electron chi connectivity index (χ1n) is 7.94. The minimum absolute atomic E-state index is 0.606. The molecule has 1 N–H and O–H groups in total. The first-order valence-corrected chi connectivity index (χ1v) is 7.94. The molecule has 0 atom stereocenters. The number of nitrogens with one attached hydrogen (secondary N) is 1. The molecular weight excluding hydrogens is 306 g/mol. The Morgan fingerprint density at radius 1 is 0.750 bits per heavy atom. The van der Waals surface area contributed by atoms with E-state index in [2.05, 4.69) is 11.4 Å². The summed E-state index contributed by atoms with van der Waals surface area (Å²) in [6.45, 7) is 3.98. The predicted octanol–water partition coefficient (Wildman–Crippen LogP) is 3.40. The first-order chi connectivity index (χ1) is 11.7. The lowest BCUT2D eigenvalue weighted by molar-refractivity contribution is 0.321. The maximum Gasteiger partial charge on any atom is 0.203 e. The zero-order valence-corrected chi connectivity index (χ0v) is 14.7. The Kier molecular flexibility index (Phi) is 6.75. The number of methoxy groups -OCH3 is 3. The molecule has 2 aromatic carbocycles. The lowest BCUT2D eigenvalue weighted by atomic mass is 10.1. The van der Waals surface area contributed by atoms with Gasteiger partial charge in [-0.1, -0.05) is 24.3 Å². The summed E-state index contributed by atoms with van der Waals surface area (Å²) in [5.41, 5.74) is 2.13. The Bertz CT molecular complexity index is 658. The molecule has 0 aliphatic heterocycles. The smallest absolute Gasteiger partial charge is 0.203 e. The van der Waals surface area contributed by atoms with Gasteiger partial charge in [0.05, 0.1) is 27.9 Å². The Morgan fingerprint density at radius 2 is 1.46 bits per heavy atom. The number of rotatable bonds is 9. The molecule has 0 spiro atoms. The molecule has 0 heterocycles. The lowest BCUT2D eigenvalue weighted by Gasteiger charge is -2.16. The van der Waals surface area contributed by atoms with Crippen LogP contribution in [-0.4, -0.2) is 27.9 Å². The molecule has 5 nitrogen and oxygen atoms in total. The number of hydrogen-bond donors (Lipinski definition) is 1. The van der Waals surface area contributed by atoms with Gasteiger partial charge in [0, 0.05) is 24.2 Å². The van der Waals surface area contributed by atoms with E-state index in [1.54, 1.807) is 21.3 Å². The van der Waals surface area contributed by atoms with Crippen LogP contribution in [0.3, 0.4) is 0 Å². The molecular formula is C19H25NO4. The van der Waals surface area contributed by atoms with Crippen molar-refractivity contribution in [1.82, 2.24) is 5.32 Å². The van der Waals surface area contributed by atoms with Crippen molar-refractivity contribution < 1.29 is 18.9 Å². The summed E-state index contributed by atoms with van der Waals surface area (Å²) in [5, 5.41) is 3.42. The highest BCUT2D eigenvalue weighted by molar-refractivity contribution is 5.55.